The smallest absolute Gasteiger partial charge is 0.254 e. The molecular formula is C14H15ClN2O2. The van der Waals surface area contributed by atoms with Gasteiger partial charge < -0.3 is 10.2 Å². The number of fused-ring (bicyclic) bond motifs is 1. The molecule has 0 aliphatic carbocycles. The summed E-state index contributed by atoms with van der Waals surface area (Å²) in [6, 6.07) is 7.26. The number of amides is 2. The van der Waals surface area contributed by atoms with Crippen molar-refractivity contribution >= 4 is 23.4 Å². The van der Waals surface area contributed by atoms with Crippen LogP contribution in [-0.2, 0) is 4.79 Å². The monoisotopic (exact) mass is 278 g/mol. The molecule has 1 aromatic carbocycles. The van der Waals surface area contributed by atoms with Gasteiger partial charge in [-0.1, -0.05) is 17.7 Å². The standard InChI is InChI=1S/C14H15ClN2O2/c15-10-3-1-2-9(8-10)14(19)17-7-6-11-12(17)4-5-13(18)16-11/h1-3,8,11-12H,4-7H2,(H,16,18)/t11-,12-/m1/s1. The molecule has 2 amide bonds. The molecule has 2 aliphatic rings. The number of likely N-dealkylation sites (tertiary alicyclic amines) is 1. The van der Waals surface area contributed by atoms with Crippen molar-refractivity contribution in [1.29, 1.82) is 0 Å². The van der Waals surface area contributed by atoms with Crippen molar-refractivity contribution in [2.75, 3.05) is 6.54 Å². The quantitative estimate of drug-likeness (QED) is 0.852. The number of carbonyl (C=O) groups is 2. The van der Waals surface area contributed by atoms with Crippen molar-refractivity contribution < 1.29 is 9.59 Å². The molecule has 0 bridgehead atoms. The lowest BCUT2D eigenvalue weighted by Crippen LogP contribution is -2.50. The molecule has 2 fully saturated rings. The minimum Gasteiger partial charge on any atom is -0.351 e. The fraction of sp³-hybridized carbons (Fsp3) is 0.429. The third kappa shape index (κ3) is 2.32. The Bertz CT molecular complexity index is 532. The summed E-state index contributed by atoms with van der Waals surface area (Å²) in [6.45, 7) is 0.695. The summed E-state index contributed by atoms with van der Waals surface area (Å²) in [4.78, 5) is 25.7. The van der Waals surface area contributed by atoms with Crippen LogP contribution in [0.2, 0.25) is 5.02 Å². The van der Waals surface area contributed by atoms with Crippen LogP contribution in [0.15, 0.2) is 24.3 Å². The molecule has 2 atom stereocenters. The highest BCUT2D eigenvalue weighted by molar-refractivity contribution is 6.30. The summed E-state index contributed by atoms with van der Waals surface area (Å²) in [6.07, 6.45) is 2.09. The lowest BCUT2D eigenvalue weighted by atomic mass is 9.98. The van der Waals surface area contributed by atoms with Gasteiger partial charge in [-0.25, -0.2) is 0 Å². The summed E-state index contributed by atoms with van der Waals surface area (Å²) in [5.74, 6) is 0.101. The number of piperidine rings is 1. The summed E-state index contributed by atoms with van der Waals surface area (Å²) >= 11 is 5.92. The molecule has 0 aromatic heterocycles. The fourth-order valence-electron chi connectivity index (χ4n) is 2.98. The molecule has 4 nitrogen and oxygen atoms in total. The van der Waals surface area contributed by atoms with Crippen LogP contribution in [0.5, 0.6) is 0 Å². The van der Waals surface area contributed by atoms with Crippen LogP contribution in [0.25, 0.3) is 0 Å². The highest BCUT2D eigenvalue weighted by Gasteiger charge is 2.40. The molecular weight excluding hydrogens is 264 g/mol. The van der Waals surface area contributed by atoms with E-state index < -0.39 is 0 Å². The van der Waals surface area contributed by atoms with Gasteiger partial charge >= 0.3 is 0 Å². The van der Waals surface area contributed by atoms with Gasteiger partial charge in [0.15, 0.2) is 0 Å². The van der Waals surface area contributed by atoms with Crippen molar-refractivity contribution in [3.63, 3.8) is 0 Å². The molecule has 0 spiro atoms. The number of hydrogen-bond acceptors (Lipinski definition) is 2. The summed E-state index contributed by atoms with van der Waals surface area (Å²) < 4.78 is 0. The number of nitrogens with zero attached hydrogens (tertiary/aromatic N) is 1. The zero-order valence-corrected chi connectivity index (χ0v) is 11.2. The molecule has 1 N–H and O–H groups in total. The maximum atomic E-state index is 12.5. The Labute approximate surface area is 116 Å². The van der Waals surface area contributed by atoms with Crippen LogP contribution in [-0.4, -0.2) is 35.3 Å². The zero-order valence-electron chi connectivity index (χ0n) is 10.4. The highest BCUT2D eigenvalue weighted by atomic mass is 35.5. The Balaban J connectivity index is 1.80. The van der Waals surface area contributed by atoms with Crippen LogP contribution in [0.3, 0.4) is 0 Å². The molecule has 3 rings (SSSR count). The predicted octanol–water partition coefficient (Wildman–Crippen LogP) is 1.83. The zero-order chi connectivity index (χ0) is 13.4. The molecule has 5 heteroatoms. The Kier molecular flexibility index (Phi) is 3.19. The Hall–Kier alpha value is -1.55. The Morgan fingerprint density at radius 3 is 3.00 bits per heavy atom. The summed E-state index contributed by atoms with van der Waals surface area (Å²) in [7, 11) is 0. The highest BCUT2D eigenvalue weighted by Crippen LogP contribution is 2.27. The molecule has 2 heterocycles. The van der Waals surface area contributed by atoms with E-state index in [1.54, 1.807) is 24.3 Å². The Morgan fingerprint density at radius 1 is 1.37 bits per heavy atom. The summed E-state index contributed by atoms with van der Waals surface area (Å²) in [5.41, 5.74) is 0.616. The molecule has 2 saturated heterocycles. The van der Waals surface area contributed by atoms with Gasteiger partial charge in [0.25, 0.3) is 5.91 Å². The first-order chi connectivity index (χ1) is 9.15. The van der Waals surface area contributed by atoms with Crippen LogP contribution in [0.4, 0.5) is 0 Å². The number of nitrogens with one attached hydrogen (secondary N) is 1. The second kappa shape index (κ2) is 4.85. The lowest BCUT2D eigenvalue weighted by Gasteiger charge is -2.32. The van der Waals surface area contributed by atoms with Gasteiger partial charge in [-0.3, -0.25) is 9.59 Å². The van der Waals surface area contributed by atoms with Gasteiger partial charge in [0.2, 0.25) is 5.91 Å². The van der Waals surface area contributed by atoms with Crippen LogP contribution >= 0.6 is 11.6 Å². The summed E-state index contributed by atoms with van der Waals surface area (Å²) in [5, 5.41) is 3.54. The third-order valence-corrected chi connectivity index (χ3v) is 4.13. The normalized spacial score (nSPS) is 25.9. The second-order valence-corrected chi connectivity index (χ2v) is 5.51. The van der Waals surface area contributed by atoms with Gasteiger partial charge in [0, 0.05) is 23.6 Å². The van der Waals surface area contributed by atoms with E-state index in [0.29, 0.717) is 23.6 Å². The molecule has 2 aliphatic heterocycles. The van der Waals surface area contributed by atoms with Crippen LogP contribution in [0.1, 0.15) is 29.6 Å². The van der Waals surface area contributed by atoms with E-state index in [1.807, 2.05) is 4.90 Å². The van der Waals surface area contributed by atoms with Gasteiger partial charge in [-0.15, -0.1) is 0 Å². The van der Waals surface area contributed by atoms with Crippen molar-refractivity contribution in [3.8, 4) is 0 Å². The minimum atomic E-state index is 0.00569. The molecule has 0 unspecified atom stereocenters. The molecule has 1 aromatic rings. The molecule has 19 heavy (non-hydrogen) atoms. The second-order valence-electron chi connectivity index (χ2n) is 5.08. The SMILES string of the molecule is O=C1CC[C@@H]2[C@@H](CCN2C(=O)c2cccc(Cl)c2)N1. The van der Waals surface area contributed by atoms with E-state index in [1.165, 1.54) is 0 Å². The minimum absolute atomic E-state index is 0.00569. The van der Waals surface area contributed by atoms with Crippen molar-refractivity contribution in [2.24, 2.45) is 0 Å². The number of rotatable bonds is 1. The van der Waals surface area contributed by atoms with E-state index in [9.17, 15) is 9.59 Å². The number of carbonyl (C=O) groups excluding carboxylic acids is 2. The molecule has 0 radical (unpaired) electrons. The van der Waals surface area contributed by atoms with E-state index in [0.717, 1.165) is 12.8 Å². The van der Waals surface area contributed by atoms with Gasteiger partial charge in [-0.05, 0) is 31.0 Å². The number of benzene rings is 1. The Morgan fingerprint density at radius 2 is 2.21 bits per heavy atom. The van der Waals surface area contributed by atoms with E-state index in [2.05, 4.69) is 5.32 Å². The first kappa shape index (κ1) is 12.5. The van der Waals surface area contributed by atoms with E-state index in [-0.39, 0.29) is 23.9 Å². The maximum Gasteiger partial charge on any atom is 0.254 e. The lowest BCUT2D eigenvalue weighted by molar-refractivity contribution is -0.123. The van der Waals surface area contributed by atoms with Crippen molar-refractivity contribution in [1.82, 2.24) is 10.2 Å². The largest absolute Gasteiger partial charge is 0.351 e. The van der Waals surface area contributed by atoms with Gasteiger partial charge in [0.1, 0.15) is 0 Å². The van der Waals surface area contributed by atoms with Crippen molar-refractivity contribution in [3.05, 3.63) is 34.9 Å². The van der Waals surface area contributed by atoms with Crippen LogP contribution in [0, 0.1) is 0 Å². The number of hydrogen-bond donors (Lipinski definition) is 1. The maximum absolute atomic E-state index is 12.5. The topological polar surface area (TPSA) is 49.4 Å². The average molecular weight is 279 g/mol. The predicted molar refractivity (Wildman–Crippen MR) is 72.1 cm³/mol. The van der Waals surface area contributed by atoms with Crippen molar-refractivity contribution in [2.45, 2.75) is 31.3 Å². The number of halogens is 1. The fourth-order valence-corrected chi connectivity index (χ4v) is 3.17. The first-order valence-electron chi connectivity index (χ1n) is 6.51. The van der Waals surface area contributed by atoms with Gasteiger partial charge in [-0.2, -0.15) is 0 Å². The third-order valence-electron chi connectivity index (χ3n) is 3.89. The molecule has 0 saturated carbocycles. The molecule has 100 valence electrons. The van der Waals surface area contributed by atoms with E-state index >= 15 is 0 Å². The average Bonchev–Trinajstić information content (AvgIpc) is 2.80. The van der Waals surface area contributed by atoms with Gasteiger partial charge in [0.05, 0.1) is 12.1 Å². The first-order valence-corrected chi connectivity index (χ1v) is 6.89. The van der Waals surface area contributed by atoms with Crippen LogP contribution < -0.4 is 5.32 Å². The van der Waals surface area contributed by atoms with E-state index in [4.69, 9.17) is 11.6 Å².